The molecule has 0 aliphatic rings. The van der Waals surface area contributed by atoms with Crippen LogP contribution in [0, 0.1) is 0 Å². The molecule has 0 spiro atoms. The Balaban J connectivity index is 2.60. The van der Waals surface area contributed by atoms with Crippen molar-refractivity contribution < 1.29 is 5.11 Å². The number of thioether (sulfide) groups is 1. The van der Waals surface area contributed by atoms with Crippen LogP contribution in [0.15, 0.2) is 25.9 Å². The zero-order valence-corrected chi connectivity index (χ0v) is 14.9. The first-order chi connectivity index (χ1) is 10.8. The summed E-state index contributed by atoms with van der Waals surface area (Å²) in [5, 5.41) is 10.7. The highest BCUT2D eigenvalue weighted by molar-refractivity contribution is 7.99. The van der Waals surface area contributed by atoms with Gasteiger partial charge in [0.2, 0.25) is 0 Å². The van der Waals surface area contributed by atoms with E-state index in [1.54, 1.807) is 17.6 Å². The molecule has 0 amide bonds. The molecule has 2 N–H and O–H groups in total. The van der Waals surface area contributed by atoms with E-state index in [1.807, 2.05) is 0 Å². The molecule has 0 radical (unpaired) electrons. The average molecular weight is 379 g/mol. The van der Waals surface area contributed by atoms with Gasteiger partial charge in [0.25, 0.3) is 5.56 Å². The summed E-state index contributed by atoms with van der Waals surface area (Å²) in [5.41, 5.74) is -0.485. The summed E-state index contributed by atoms with van der Waals surface area (Å²) < 4.78 is 2.93. The Hall–Kier alpha value is -1.22. The van der Waals surface area contributed by atoms with Crippen molar-refractivity contribution in [1.29, 1.82) is 0 Å². The van der Waals surface area contributed by atoms with Crippen LogP contribution < -0.4 is 11.2 Å². The predicted octanol–water partition coefficient (Wildman–Crippen LogP) is 1.26. The fourth-order valence-corrected chi connectivity index (χ4v) is 3.17. The molecule has 23 heavy (non-hydrogen) atoms. The SMILES string of the molecule is C/C(Cl)=C/Cn1c(SCC(O)CCl)nc2c1c(=O)[nH]c(=O)n2C. The highest BCUT2D eigenvalue weighted by Gasteiger charge is 2.18. The van der Waals surface area contributed by atoms with Gasteiger partial charge in [-0.2, -0.15) is 0 Å². The van der Waals surface area contributed by atoms with Gasteiger partial charge in [0.15, 0.2) is 16.3 Å². The molecule has 2 aromatic rings. The van der Waals surface area contributed by atoms with Gasteiger partial charge >= 0.3 is 5.69 Å². The number of halogens is 2. The standard InChI is InChI=1S/C13H16Cl2N4O3S/c1-7(15)3-4-19-9-10(18(2)12(22)17-11(9)21)16-13(19)23-6-8(20)5-14/h3,8,20H,4-6H2,1-2H3,(H,17,21,22)/b7-3-. The molecule has 126 valence electrons. The van der Waals surface area contributed by atoms with Gasteiger partial charge in [-0.15, -0.1) is 11.6 Å². The van der Waals surface area contributed by atoms with Gasteiger partial charge in [-0.05, 0) is 6.92 Å². The first-order valence-electron chi connectivity index (χ1n) is 6.73. The highest BCUT2D eigenvalue weighted by atomic mass is 35.5. The lowest BCUT2D eigenvalue weighted by Crippen LogP contribution is -2.29. The molecule has 0 fully saturated rings. The van der Waals surface area contributed by atoms with Crippen molar-refractivity contribution in [2.45, 2.75) is 24.7 Å². The number of allylic oxidation sites excluding steroid dienone is 2. The lowest BCUT2D eigenvalue weighted by Gasteiger charge is -2.08. The molecule has 2 heterocycles. The van der Waals surface area contributed by atoms with Gasteiger partial charge < -0.3 is 9.67 Å². The van der Waals surface area contributed by atoms with Crippen LogP contribution in [0.3, 0.4) is 0 Å². The quantitative estimate of drug-likeness (QED) is 0.582. The molecule has 1 atom stereocenters. The number of nitrogens with zero attached hydrogens (tertiary/aromatic N) is 3. The molecule has 0 bridgehead atoms. The second-order valence-corrected chi connectivity index (χ2v) is 6.80. The summed E-state index contributed by atoms with van der Waals surface area (Å²) in [5.74, 6) is 0.426. The number of alkyl halides is 1. The molecule has 0 saturated carbocycles. The monoisotopic (exact) mass is 378 g/mol. The van der Waals surface area contributed by atoms with Crippen LogP contribution in [0.25, 0.3) is 11.2 Å². The van der Waals surface area contributed by atoms with E-state index in [4.69, 9.17) is 23.2 Å². The van der Waals surface area contributed by atoms with Crippen LogP contribution in [0.5, 0.6) is 0 Å². The van der Waals surface area contributed by atoms with Crippen molar-refractivity contribution in [3.05, 3.63) is 31.9 Å². The molecule has 1 unspecified atom stereocenters. The van der Waals surface area contributed by atoms with Crippen LogP contribution >= 0.6 is 35.0 Å². The molecule has 0 aliphatic carbocycles. The summed E-state index contributed by atoms with van der Waals surface area (Å²) in [7, 11) is 1.53. The zero-order valence-electron chi connectivity index (χ0n) is 12.5. The van der Waals surface area contributed by atoms with E-state index < -0.39 is 17.4 Å². The Bertz CT molecular complexity index is 851. The van der Waals surface area contributed by atoms with Crippen molar-refractivity contribution in [3.63, 3.8) is 0 Å². The maximum Gasteiger partial charge on any atom is 0.329 e. The third-order valence-electron chi connectivity index (χ3n) is 3.11. The van der Waals surface area contributed by atoms with Gasteiger partial charge in [-0.3, -0.25) is 14.3 Å². The maximum atomic E-state index is 12.2. The van der Waals surface area contributed by atoms with E-state index in [9.17, 15) is 14.7 Å². The summed E-state index contributed by atoms with van der Waals surface area (Å²) in [6, 6.07) is 0. The lowest BCUT2D eigenvalue weighted by atomic mass is 10.4. The smallest absolute Gasteiger partial charge is 0.329 e. The van der Waals surface area contributed by atoms with Gasteiger partial charge in [0.1, 0.15) is 0 Å². The number of aromatic nitrogens is 4. The highest BCUT2D eigenvalue weighted by Crippen LogP contribution is 2.22. The summed E-state index contributed by atoms with van der Waals surface area (Å²) in [6.45, 7) is 2.05. The summed E-state index contributed by atoms with van der Waals surface area (Å²) in [6.07, 6.45) is 1.04. The van der Waals surface area contributed by atoms with Crippen LogP contribution in [-0.4, -0.2) is 41.9 Å². The molecular weight excluding hydrogens is 363 g/mol. The largest absolute Gasteiger partial charge is 0.391 e. The fraction of sp³-hybridized carbons (Fsp3) is 0.462. The number of hydrogen-bond acceptors (Lipinski definition) is 5. The van der Waals surface area contributed by atoms with Crippen molar-refractivity contribution >= 4 is 46.1 Å². The molecule has 2 aromatic heterocycles. The first-order valence-corrected chi connectivity index (χ1v) is 8.63. The number of aryl methyl sites for hydroxylation is 1. The van der Waals surface area contributed by atoms with E-state index in [1.165, 1.54) is 23.4 Å². The van der Waals surface area contributed by atoms with Gasteiger partial charge in [-0.25, -0.2) is 9.78 Å². The van der Waals surface area contributed by atoms with E-state index in [0.717, 1.165) is 0 Å². The molecule has 0 aromatic carbocycles. The number of rotatable bonds is 6. The Morgan fingerprint density at radius 1 is 1.52 bits per heavy atom. The first kappa shape index (κ1) is 18.1. The maximum absolute atomic E-state index is 12.2. The number of nitrogens with one attached hydrogen (secondary N) is 1. The van der Waals surface area contributed by atoms with Crippen LogP contribution in [-0.2, 0) is 13.6 Å². The summed E-state index contributed by atoms with van der Waals surface area (Å²) >= 11 is 12.7. The van der Waals surface area contributed by atoms with Gasteiger partial charge in [0.05, 0.1) is 6.10 Å². The minimum absolute atomic E-state index is 0.104. The van der Waals surface area contributed by atoms with E-state index in [-0.39, 0.29) is 17.0 Å². The number of fused-ring (bicyclic) bond motifs is 1. The fourth-order valence-electron chi connectivity index (χ4n) is 1.93. The number of aliphatic hydroxyl groups is 1. The topological polar surface area (TPSA) is 92.9 Å². The number of hydrogen-bond donors (Lipinski definition) is 2. The predicted molar refractivity (Wildman–Crippen MR) is 92.7 cm³/mol. The molecule has 10 heteroatoms. The minimum Gasteiger partial charge on any atom is -0.391 e. The normalized spacial score (nSPS) is 13.7. The van der Waals surface area contributed by atoms with Crippen molar-refractivity contribution in [1.82, 2.24) is 19.1 Å². The van der Waals surface area contributed by atoms with Gasteiger partial charge in [-0.1, -0.05) is 29.4 Å². The molecule has 2 rings (SSSR count). The molecular formula is C13H16Cl2N4O3S. The van der Waals surface area contributed by atoms with E-state index in [2.05, 4.69) is 9.97 Å². The number of aliphatic hydroxyl groups excluding tert-OH is 1. The Morgan fingerprint density at radius 2 is 2.22 bits per heavy atom. The van der Waals surface area contributed by atoms with Crippen molar-refractivity contribution in [2.24, 2.45) is 7.05 Å². The summed E-state index contributed by atoms with van der Waals surface area (Å²) in [4.78, 5) is 30.5. The Labute approximate surface area is 145 Å². The van der Waals surface area contributed by atoms with Crippen LogP contribution in [0.4, 0.5) is 0 Å². The van der Waals surface area contributed by atoms with Crippen molar-refractivity contribution in [2.75, 3.05) is 11.6 Å². The number of imidazole rings is 1. The number of aromatic amines is 1. The molecule has 0 saturated heterocycles. The zero-order chi connectivity index (χ0) is 17.1. The third-order valence-corrected chi connectivity index (χ3v) is 4.74. The third kappa shape index (κ3) is 4.00. The van der Waals surface area contributed by atoms with Gasteiger partial charge in [0, 0.05) is 30.3 Å². The minimum atomic E-state index is -0.692. The molecule has 0 aliphatic heterocycles. The van der Waals surface area contributed by atoms with Crippen LogP contribution in [0.2, 0.25) is 0 Å². The Morgan fingerprint density at radius 3 is 2.83 bits per heavy atom. The second-order valence-electron chi connectivity index (χ2n) is 4.91. The van der Waals surface area contributed by atoms with E-state index >= 15 is 0 Å². The number of H-pyrrole nitrogens is 1. The van der Waals surface area contributed by atoms with E-state index in [0.29, 0.717) is 22.5 Å². The van der Waals surface area contributed by atoms with Crippen molar-refractivity contribution in [3.8, 4) is 0 Å². The lowest BCUT2D eigenvalue weighted by molar-refractivity contribution is 0.223. The Kier molecular flexibility index (Phi) is 5.96. The average Bonchev–Trinajstić information content (AvgIpc) is 2.87. The van der Waals surface area contributed by atoms with Crippen LogP contribution in [0.1, 0.15) is 6.92 Å². The second kappa shape index (κ2) is 7.57. The molecule has 7 nitrogen and oxygen atoms in total.